The van der Waals surface area contributed by atoms with Crippen LogP contribution in [-0.4, -0.2) is 12.4 Å². The van der Waals surface area contributed by atoms with E-state index in [9.17, 15) is 13.7 Å². The molecule has 2 aromatic carbocycles. The molecule has 110 valence electrons. The van der Waals surface area contributed by atoms with Crippen molar-refractivity contribution in [1.29, 1.82) is 5.26 Å². The van der Waals surface area contributed by atoms with Crippen LogP contribution in [0.2, 0.25) is 5.02 Å². The molecule has 0 aliphatic heterocycles. The Balaban J connectivity index is 2.39. The Labute approximate surface area is 133 Å². The fourth-order valence-electron chi connectivity index (χ4n) is 2.33. The number of nitriles is 1. The van der Waals surface area contributed by atoms with E-state index in [-0.39, 0.29) is 15.6 Å². The molecule has 1 heterocycles. The molecule has 22 heavy (non-hydrogen) atoms. The van der Waals surface area contributed by atoms with Crippen LogP contribution in [-0.2, 0) is 10.0 Å². The van der Waals surface area contributed by atoms with Gasteiger partial charge in [-0.2, -0.15) is 5.26 Å². The van der Waals surface area contributed by atoms with E-state index < -0.39 is 10.0 Å². The van der Waals surface area contributed by atoms with Crippen LogP contribution in [0.25, 0.3) is 10.9 Å². The third-order valence-electron chi connectivity index (χ3n) is 3.44. The number of aryl methyl sites for hydroxylation is 1. The summed E-state index contributed by atoms with van der Waals surface area (Å²) in [5.74, 6) is 0. The van der Waals surface area contributed by atoms with Crippen LogP contribution in [0.4, 0.5) is 0 Å². The first-order chi connectivity index (χ1) is 10.5. The number of halogens is 1. The van der Waals surface area contributed by atoms with Gasteiger partial charge in [-0.1, -0.05) is 47.5 Å². The Morgan fingerprint density at radius 1 is 1.09 bits per heavy atom. The highest BCUT2D eigenvalue weighted by Gasteiger charge is 2.26. The van der Waals surface area contributed by atoms with E-state index >= 15 is 0 Å². The molecule has 1 aromatic heterocycles. The molecule has 0 fully saturated rings. The number of benzene rings is 2. The van der Waals surface area contributed by atoms with Crippen molar-refractivity contribution in [1.82, 2.24) is 3.97 Å². The minimum Gasteiger partial charge on any atom is -0.222 e. The van der Waals surface area contributed by atoms with Gasteiger partial charge in [-0.3, -0.25) is 0 Å². The highest BCUT2D eigenvalue weighted by atomic mass is 35.5. The minimum atomic E-state index is -3.89. The molecule has 0 saturated carbocycles. The summed E-state index contributed by atoms with van der Waals surface area (Å²) in [6.45, 7) is 1.87. The van der Waals surface area contributed by atoms with Crippen molar-refractivity contribution in [2.75, 3.05) is 0 Å². The summed E-state index contributed by atoms with van der Waals surface area (Å²) in [7, 11) is -3.89. The second kappa shape index (κ2) is 5.16. The van der Waals surface area contributed by atoms with E-state index in [1.165, 1.54) is 12.1 Å². The third kappa shape index (κ3) is 2.08. The summed E-state index contributed by atoms with van der Waals surface area (Å²) in [6.07, 6.45) is 0. The molecule has 0 spiro atoms. The van der Waals surface area contributed by atoms with Crippen LogP contribution in [0.3, 0.4) is 0 Å². The van der Waals surface area contributed by atoms with Crippen molar-refractivity contribution in [3.05, 3.63) is 64.8 Å². The zero-order valence-corrected chi connectivity index (χ0v) is 13.2. The molecular formula is C16H11ClN2O2S. The van der Waals surface area contributed by atoms with Crippen LogP contribution < -0.4 is 0 Å². The lowest BCUT2D eigenvalue weighted by molar-refractivity contribution is 0.588. The summed E-state index contributed by atoms with van der Waals surface area (Å²) in [5.41, 5.74) is 1.27. The van der Waals surface area contributed by atoms with Crippen molar-refractivity contribution in [2.24, 2.45) is 0 Å². The number of aromatic nitrogens is 1. The standard InChI is InChI=1S/C16H11ClN2O2S/c1-11-6-8-12(9-7-11)22(20,21)19-14-5-3-2-4-13(14)16(17)15(19)10-18/h2-9H,1H3. The normalized spacial score (nSPS) is 11.5. The number of fused-ring (bicyclic) bond motifs is 1. The van der Waals surface area contributed by atoms with Crippen LogP contribution >= 0.6 is 11.6 Å². The van der Waals surface area contributed by atoms with Gasteiger partial charge in [-0.25, -0.2) is 12.4 Å². The Hall–Kier alpha value is -2.29. The number of hydrogen-bond donors (Lipinski definition) is 0. The second-order valence-corrected chi connectivity index (χ2v) is 7.04. The first kappa shape index (κ1) is 14.6. The van der Waals surface area contributed by atoms with Gasteiger partial charge in [-0.15, -0.1) is 0 Å². The highest BCUT2D eigenvalue weighted by Crippen LogP contribution is 2.33. The molecule has 4 nitrogen and oxygen atoms in total. The smallest absolute Gasteiger partial charge is 0.222 e. The van der Waals surface area contributed by atoms with Gasteiger partial charge >= 0.3 is 0 Å². The second-order valence-electron chi connectivity index (χ2n) is 4.87. The van der Waals surface area contributed by atoms with E-state index in [4.69, 9.17) is 11.6 Å². The Morgan fingerprint density at radius 2 is 1.73 bits per heavy atom. The molecule has 0 unspecified atom stereocenters. The van der Waals surface area contributed by atoms with Gasteiger partial charge in [0.1, 0.15) is 6.07 Å². The maximum Gasteiger partial charge on any atom is 0.269 e. The molecule has 0 aliphatic rings. The molecule has 3 rings (SSSR count). The first-order valence-corrected chi connectivity index (χ1v) is 8.30. The number of hydrogen-bond acceptors (Lipinski definition) is 3. The van der Waals surface area contributed by atoms with E-state index in [0.717, 1.165) is 9.54 Å². The molecule has 0 bridgehead atoms. The molecule has 0 radical (unpaired) electrons. The molecular weight excluding hydrogens is 320 g/mol. The van der Waals surface area contributed by atoms with E-state index in [2.05, 4.69) is 0 Å². The van der Waals surface area contributed by atoms with Gasteiger partial charge in [0, 0.05) is 5.39 Å². The van der Waals surface area contributed by atoms with Crippen molar-refractivity contribution in [3.8, 4) is 6.07 Å². The number of nitrogens with zero attached hydrogens (tertiary/aromatic N) is 2. The summed E-state index contributed by atoms with van der Waals surface area (Å²) in [4.78, 5) is 0.118. The molecule has 0 atom stereocenters. The average Bonchev–Trinajstić information content (AvgIpc) is 2.81. The van der Waals surface area contributed by atoms with E-state index in [0.29, 0.717) is 10.9 Å². The average molecular weight is 331 g/mol. The summed E-state index contributed by atoms with van der Waals surface area (Å²) in [5, 5.41) is 10.0. The number of rotatable bonds is 2. The lowest BCUT2D eigenvalue weighted by Gasteiger charge is -2.09. The predicted octanol–water partition coefficient (Wildman–Crippen LogP) is 3.71. The van der Waals surface area contributed by atoms with E-state index in [1.807, 2.05) is 13.0 Å². The highest BCUT2D eigenvalue weighted by molar-refractivity contribution is 7.90. The van der Waals surface area contributed by atoms with Crippen LogP contribution in [0.1, 0.15) is 11.3 Å². The van der Waals surface area contributed by atoms with Gasteiger partial charge in [0.2, 0.25) is 0 Å². The molecule has 0 N–H and O–H groups in total. The summed E-state index contributed by atoms with van der Waals surface area (Å²) >= 11 is 6.17. The quantitative estimate of drug-likeness (QED) is 0.719. The SMILES string of the molecule is Cc1ccc(S(=O)(=O)n2c(C#N)c(Cl)c3ccccc32)cc1. The lowest BCUT2D eigenvalue weighted by Crippen LogP contribution is -2.14. The minimum absolute atomic E-state index is 0.0801. The third-order valence-corrected chi connectivity index (χ3v) is 5.55. The van der Waals surface area contributed by atoms with Gasteiger partial charge < -0.3 is 0 Å². The van der Waals surface area contributed by atoms with Crippen molar-refractivity contribution in [2.45, 2.75) is 11.8 Å². The summed E-state index contributed by atoms with van der Waals surface area (Å²) in [6, 6.07) is 15.2. The van der Waals surface area contributed by atoms with Gasteiger partial charge in [0.15, 0.2) is 5.69 Å². The monoisotopic (exact) mass is 330 g/mol. The molecule has 0 aliphatic carbocycles. The fourth-order valence-corrected chi connectivity index (χ4v) is 4.15. The lowest BCUT2D eigenvalue weighted by atomic mass is 10.2. The Morgan fingerprint density at radius 3 is 2.36 bits per heavy atom. The number of para-hydroxylation sites is 1. The predicted molar refractivity (Wildman–Crippen MR) is 85.4 cm³/mol. The molecule has 0 amide bonds. The van der Waals surface area contributed by atoms with Gasteiger partial charge in [0.05, 0.1) is 15.4 Å². The maximum absolute atomic E-state index is 12.9. The fraction of sp³-hybridized carbons (Fsp3) is 0.0625. The summed E-state index contributed by atoms with van der Waals surface area (Å²) < 4.78 is 26.8. The maximum atomic E-state index is 12.9. The van der Waals surface area contributed by atoms with E-state index in [1.54, 1.807) is 36.4 Å². The molecule has 0 saturated heterocycles. The first-order valence-electron chi connectivity index (χ1n) is 6.48. The molecule has 3 aromatic rings. The zero-order chi connectivity index (χ0) is 15.9. The van der Waals surface area contributed by atoms with Crippen molar-refractivity contribution >= 4 is 32.5 Å². The van der Waals surface area contributed by atoms with Crippen LogP contribution in [0, 0.1) is 18.3 Å². The Kier molecular flexibility index (Phi) is 3.44. The largest absolute Gasteiger partial charge is 0.269 e. The molecule has 6 heteroatoms. The zero-order valence-electron chi connectivity index (χ0n) is 11.6. The van der Waals surface area contributed by atoms with Crippen LogP contribution in [0.5, 0.6) is 0 Å². The Bertz CT molecular complexity index is 1010. The van der Waals surface area contributed by atoms with Crippen molar-refractivity contribution in [3.63, 3.8) is 0 Å². The van der Waals surface area contributed by atoms with Crippen molar-refractivity contribution < 1.29 is 8.42 Å². The van der Waals surface area contributed by atoms with Gasteiger partial charge in [-0.05, 0) is 25.1 Å². The van der Waals surface area contributed by atoms with Gasteiger partial charge in [0.25, 0.3) is 10.0 Å². The topological polar surface area (TPSA) is 62.9 Å². The van der Waals surface area contributed by atoms with Crippen LogP contribution in [0.15, 0.2) is 53.4 Å².